The predicted molar refractivity (Wildman–Crippen MR) is 74.4 cm³/mol. The monoisotopic (exact) mass is 274 g/mol. The molecule has 1 N–H and O–H groups in total. The van der Waals surface area contributed by atoms with Crippen molar-refractivity contribution in [1.82, 2.24) is 20.4 Å². The summed E-state index contributed by atoms with van der Waals surface area (Å²) in [6.45, 7) is 2.72. The van der Waals surface area contributed by atoms with E-state index in [0.29, 0.717) is 24.3 Å². The number of nitrogens with zero attached hydrogens (tertiary/aromatic N) is 3. The normalized spacial score (nSPS) is 15.3. The molecule has 0 amide bonds. The number of ether oxygens (including phenoxy) is 1. The van der Waals surface area contributed by atoms with Crippen molar-refractivity contribution in [2.24, 2.45) is 0 Å². The van der Waals surface area contributed by atoms with Crippen LogP contribution < -0.4 is 10.1 Å². The molecule has 2 heterocycles. The average molecular weight is 274 g/mol. The smallest absolute Gasteiger partial charge is 0.241 e. The first kappa shape index (κ1) is 13.1. The Labute approximate surface area is 117 Å². The van der Waals surface area contributed by atoms with Gasteiger partial charge in [-0.25, -0.2) is 0 Å². The van der Waals surface area contributed by atoms with E-state index in [9.17, 15) is 0 Å². The number of benzene rings is 1. The molecular formula is C14H18N4O2. The molecule has 1 aromatic heterocycles. The number of hydrogen-bond donors (Lipinski definition) is 1. The molecule has 0 spiro atoms. The Morgan fingerprint density at radius 1 is 1.35 bits per heavy atom. The van der Waals surface area contributed by atoms with Gasteiger partial charge in [0.1, 0.15) is 5.75 Å². The molecule has 106 valence electrons. The van der Waals surface area contributed by atoms with Crippen LogP contribution in [0.5, 0.6) is 5.75 Å². The second-order valence-electron chi connectivity index (χ2n) is 4.97. The lowest BCUT2D eigenvalue weighted by atomic mass is 10.1. The number of rotatable bonds is 5. The van der Waals surface area contributed by atoms with Crippen molar-refractivity contribution in [3.05, 3.63) is 30.2 Å². The molecule has 0 radical (unpaired) electrons. The SMILES string of the molecule is COc1ccc(-c2noc(CN(C)C3CNC3)n2)cc1. The zero-order valence-corrected chi connectivity index (χ0v) is 11.7. The van der Waals surface area contributed by atoms with Gasteiger partial charge in [-0.1, -0.05) is 5.16 Å². The molecule has 1 aliphatic rings. The average Bonchev–Trinajstić information content (AvgIpc) is 2.85. The lowest BCUT2D eigenvalue weighted by Gasteiger charge is -2.34. The molecule has 6 heteroatoms. The van der Waals surface area contributed by atoms with Crippen molar-refractivity contribution < 1.29 is 9.26 Å². The van der Waals surface area contributed by atoms with Crippen LogP contribution in [0.1, 0.15) is 5.89 Å². The molecule has 0 saturated carbocycles. The van der Waals surface area contributed by atoms with Crippen LogP contribution in [0.25, 0.3) is 11.4 Å². The van der Waals surface area contributed by atoms with Crippen molar-refractivity contribution in [2.45, 2.75) is 12.6 Å². The third-order valence-corrected chi connectivity index (χ3v) is 3.58. The summed E-state index contributed by atoms with van der Waals surface area (Å²) in [5.41, 5.74) is 0.925. The highest BCUT2D eigenvalue weighted by Crippen LogP contribution is 2.20. The van der Waals surface area contributed by atoms with E-state index >= 15 is 0 Å². The summed E-state index contributed by atoms with van der Waals surface area (Å²) in [5, 5.41) is 7.28. The lowest BCUT2D eigenvalue weighted by Crippen LogP contribution is -2.55. The number of hydrogen-bond acceptors (Lipinski definition) is 6. The first-order chi connectivity index (χ1) is 9.76. The summed E-state index contributed by atoms with van der Waals surface area (Å²) in [7, 11) is 3.72. The fourth-order valence-corrected chi connectivity index (χ4v) is 2.10. The fourth-order valence-electron chi connectivity index (χ4n) is 2.10. The highest BCUT2D eigenvalue weighted by molar-refractivity contribution is 5.55. The molecule has 20 heavy (non-hydrogen) atoms. The number of likely N-dealkylation sites (N-methyl/N-ethyl adjacent to an activating group) is 1. The van der Waals surface area contributed by atoms with Gasteiger partial charge < -0.3 is 14.6 Å². The quantitative estimate of drug-likeness (QED) is 0.882. The third-order valence-electron chi connectivity index (χ3n) is 3.58. The summed E-state index contributed by atoms with van der Waals surface area (Å²) in [6.07, 6.45) is 0. The van der Waals surface area contributed by atoms with Gasteiger partial charge in [0.05, 0.1) is 13.7 Å². The highest BCUT2D eigenvalue weighted by Gasteiger charge is 2.23. The van der Waals surface area contributed by atoms with Gasteiger partial charge in [0.2, 0.25) is 11.7 Å². The van der Waals surface area contributed by atoms with Crippen molar-refractivity contribution >= 4 is 0 Å². The molecule has 0 aliphatic carbocycles. The molecule has 0 unspecified atom stereocenters. The minimum absolute atomic E-state index is 0.561. The zero-order valence-electron chi connectivity index (χ0n) is 11.7. The summed E-state index contributed by atoms with van der Waals surface area (Å²) >= 11 is 0. The third kappa shape index (κ3) is 2.66. The van der Waals surface area contributed by atoms with Crippen LogP contribution in [0.15, 0.2) is 28.8 Å². The fraction of sp³-hybridized carbons (Fsp3) is 0.429. The van der Waals surface area contributed by atoms with Crippen LogP contribution in [0.2, 0.25) is 0 Å². The van der Waals surface area contributed by atoms with Gasteiger partial charge in [0, 0.05) is 24.7 Å². The molecule has 1 aromatic carbocycles. The lowest BCUT2D eigenvalue weighted by molar-refractivity contribution is 0.155. The van der Waals surface area contributed by atoms with Crippen molar-refractivity contribution in [3.8, 4) is 17.1 Å². The van der Waals surface area contributed by atoms with Gasteiger partial charge in [0.25, 0.3) is 0 Å². The Balaban J connectivity index is 1.68. The summed E-state index contributed by atoms with van der Waals surface area (Å²) in [5.74, 6) is 2.07. The van der Waals surface area contributed by atoms with Crippen LogP contribution >= 0.6 is 0 Å². The summed E-state index contributed by atoms with van der Waals surface area (Å²) in [4.78, 5) is 6.66. The van der Waals surface area contributed by atoms with E-state index in [1.165, 1.54) is 0 Å². The maximum Gasteiger partial charge on any atom is 0.241 e. The Bertz CT molecular complexity index is 563. The van der Waals surface area contributed by atoms with Gasteiger partial charge in [0.15, 0.2) is 0 Å². The maximum absolute atomic E-state index is 5.31. The van der Waals surface area contributed by atoms with E-state index in [2.05, 4.69) is 27.4 Å². The van der Waals surface area contributed by atoms with E-state index in [1.54, 1.807) is 7.11 Å². The Morgan fingerprint density at radius 2 is 2.10 bits per heavy atom. The van der Waals surface area contributed by atoms with Gasteiger partial charge in [-0.05, 0) is 31.3 Å². The second-order valence-corrected chi connectivity index (χ2v) is 4.97. The standard InChI is InChI=1S/C14H18N4O2/c1-18(11-7-15-8-11)9-13-16-14(17-20-13)10-3-5-12(19-2)6-4-10/h3-6,11,15H,7-9H2,1-2H3. The van der Waals surface area contributed by atoms with Crippen LogP contribution in [0.4, 0.5) is 0 Å². The molecule has 1 fully saturated rings. The first-order valence-electron chi connectivity index (χ1n) is 6.64. The van der Waals surface area contributed by atoms with Crippen LogP contribution in [0.3, 0.4) is 0 Å². The molecule has 0 bridgehead atoms. The molecular weight excluding hydrogens is 256 g/mol. The van der Waals surface area contributed by atoms with E-state index in [-0.39, 0.29) is 0 Å². The van der Waals surface area contributed by atoms with Gasteiger partial charge in [-0.2, -0.15) is 4.98 Å². The van der Waals surface area contributed by atoms with Crippen LogP contribution in [-0.4, -0.2) is 48.3 Å². The number of nitrogens with one attached hydrogen (secondary N) is 1. The molecule has 0 atom stereocenters. The Hall–Kier alpha value is -1.92. The highest BCUT2D eigenvalue weighted by atomic mass is 16.5. The second kappa shape index (κ2) is 5.60. The minimum Gasteiger partial charge on any atom is -0.497 e. The molecule has 1 aliphatic heterocycles. The van der Waals surface area contributed by atoms with Crippen LogP contribution in [0, 0.1) is 0 Å². The van der Waals surface area contributed by atoms with E-state index in [1.807, 2.05) is 24.3 Å². The van der Waals surface area contributed by atoms with Gasteiger partial charge in [-0.15, -0.1) is 0 Å². The maximum atomic E-state index is 5.31. The first-order valence-corrected chi connectivity index (χ1v) is 6.64. The summed E-state index contributed by atoms with van der Waals surface area (Å²) in [6, 6.07) is 8.18. The molecule has 6 nitrogen and oxygen atoms in total. The minimum atomic E-state index is 0.561. The van der Waals surface area contributed by atoms with E-state index in [4.69, 9.17) is 9.26 Å². The van der Waals surface area contributed by atoms with E-state index in [0.717, 1.165) is 24.4 Å². The van der Waals surface area contributed by atoms with Crippen molar-refractivity contribution in [1.29, 1.82) is 0 Å². The largest absolute Gasteiger partial charge is 0.497 e. The van der Waals surface area contributed by atoms with E-state index < -0.39 is 0 Å². The molecule has 2 aromatic rings. The zero-order chi connectivity index (χ0) is 13.9. The topological polar surface area (TPSA) is 63.4 Å². The molecule has 1 saturated heterocycles. The van der Waals surface area contributed by atoms with Crippen molar-refractivity contribution in [2.75, 3.05) is 27.2 Å². The Kier molecular flexibility index (Phi) is 3.66. The van der Waals surface area contributed by atoms with Gasteiger partial charge >= 0.3 is 0 Å². The summed E-state index contributed by atoms with van der Waals surface area (Å²) < 4.78 is 10.4. The number of methoxy groups -OCH3 is 1. The van der Waals surface area contributed by atoms with Crippen molar-refractivity contribution in [3.63, 3.8) is 0 Å². The predicted octanol–water partition coefficient (Wildman–Crippen LogP) is 1.15. The van der Waals surface area contributed by atoms with Gasteiger partial charge in [-0.3, -0.25) is 4.90 Å². The molecule has 3 rings (SSSR count). The Morgan fingerprint density at radius 3 is 2.70 bits per heavy atom. The van der Waals surface area contributed by atoms with Crippen LogP contribution in [-0.2, 0) is 6.54 Å². The number of aromatic nitrogens is 2.